The maximum atomic E-state index is 11.6. The Labute approximate surface area is 115 Å². The molecular formula is C18H13NO. The zero-order valence-electron chi connectivity index (χ0n) is 10.9. The fourth-order valence-corrected chi connectivity index (χ4v) is 2.98. The van der Waals surface area contributed by atoms with Gasteiger partial charge in [-0.1, -0.05) is 42.5 Å². The van der Waals surface area contributed by atoms with Gasteiger partial charge in [-0.3, -0.25) is 4.79 Å². The number of ketones is 1. The Morgan fingerprint density at radius 1 is 0.950 bits per heavy atom. The van der Waals surface area contributed by atoms with E-state index in [1.54, 1.807) is 6.08 Å². The molecule has 0 fully saturated rings. The van der Waals surface area contributed by atoms with Crippen molar-refractivity contribution >= 4 is 45.2 Å². The van der Waals surface area contributed by atoms with Crippen LogP contribution in [-0.4, -0.2) is 5.78 Å². The molecule has 0 atom stereocenters. The molecular weight excluding hydrogens is 246 g/mol. The second-order valence-electron chi connectivity index (χ2n) is 5.19. The number of nitrogen functional groups attached to an aromatic ring is 1. The SMILES string of the molecule is Nc1c2c(cc3c1ccc1ccccc13)=CCC(=O)C=2. The molecule has 3 aromatic rings. The van der Waals surface area contributed by atoms with Crippen molar-refractivity contribution in [2.75, 3.05) is 5.73 Å². The van der Waals surface area contributed by atoms with Crippen LogP contribution in [-0.2, 0) is 4.79 Å². The lowest BCUT2D eigenvalue weighted by molar-refractivity contribution is -0.112. The van der Waals surface area contributed by atoms with Crippen LogP contribution in [0.1, 0.15) is 6.42 Å². The number of benzene rings is 3. The molecule has 0 saturated carbocycles. The van der Waals surface area contributed by atoms with Crippen molar-refractivity contribution in [3.63, 3.8) is 0 Å². The first-order chi connectivity index (χ1) is 9.74. The summed E-state index contributed by atoms with van der Waals surface area (Å²) >= 11 is 0. The van der Waals surface area contributed by atoms with Crippen LogP contribution in [0.2, 0.25) is 0 Å². The Bertz CT molecular complexity index is 999. The van der Waals surface area contributed by atoms with Gasteiger partial charge in [0.2, 0.25) is 0 Å². The van der Waals surface area contributed by atoms with Crippen molar-refractivity contribution < 1.29 is 4.79 Å². The van der Waals surface area contributed by atoms with E-state index >= 15 is 0 Å². The normalized spacial score (nSPS) is 13.9. The summed E-state index contributed by atoms with van der Waals surface area (Å²) in [7, 11) is 0. The van der Waals surface area contributed by atoms with E-state index < -0.39 is 0 Å². The smallest absolute Gasteiger partial charge is 0.160 e. The quantitative estimate of drug-likeness (QED) is 0.496. The van der Waals surface area contributed by atoms with Crippen molar-refractivity contribution in [2.45, 2.75) is 6.42 Å². The highest BCUT2D eigenvalue weighted by Gasteiger charge is 2.09. The van der Waals surface area contributed by atoms with Gasteiger partial charge in [0.1, 0.15) is 0 Å². The van der Waals surface area contributed by atoms with Crippen LogP contribution in [0.5, 0.6) is 0 Å². The average Bonchev–Trinajstić information content (AvgIpc) is 2.48. The second kappa shape index (κ2) is 3.94. The summed E-state index contributed by atoms with van der Waals surface area (Å²) in [6, 6.07) is 14.6. The number of nitrogens with two attached hydrogens (primary N) is 1. The Morgan fingerprint density at radius 2 is 1.80 bits per heavy atom. The summed E-state index contributed by atoms with van der Waals surface area (Å²) in [5, 5.41) is 6.50. The molecule has 0 radical (unpaired) electrons. The predicted molar refractivity (Wildman–Crippen MR) is 83.7 cm³/mol. The summed E-state index contributed by atoms with van der Waals surface area (Å²) in [4.78, 5) is 11.6. The maximum Gasteiger partial charge on any atom is 0.160 e. The van der Waals surface area contributed by atoms with E-state index in [9.17, 15) is 4.79 Å². The molecule has 0 unspecified atom stereocenters. The highest BCUT2D eigenvalue weighted by molar-refractivity contribution is 6.14. The van der Waals surface area contributed by atoms with Gasteiger partial charge < -0.3 is 5.73 Å². The first kappa shape index (κ1) is 11.2. The third-order valence-electron chi connectivity index (χ3n) is 3.99. The molecule has 2 N–H and O–H groups in total. The molecule has 0 aliphatic heterocycles. The summed E-state index contributed by atoms with van der Waals surface area (Å²) in [5.41, 5.74) is 6.99. The van der Waals surface area contributed by atoms with Gasteiger partial charge in [-0.25, -0.2) is 0 Å². The molecule has 0 amide bonds. The van der Waals surface area contributed by atoms with E-state index in [4.69, 9.17) is 5.73 Å². The number of carbonyl (C=O) groups is 1. The third-order valence-corrected chi connectivity index (χ3v) is 3.99. The minimum atomic E-state index is 0.115. The second-order valence-corrected chi connectivity index (χ2v) is 5.19. The van der Waals surface area contributed by atoms with Gasteiger partial charge in [-0.2, -0.15) is 0 Å². The first-order valence-electron chi connectivity index (χ1n) is 6.69. The molecule has 0 aromatic heterocycles. The van der Waals surface area contributed by atoms with Gasteiger partial charge in [-0.15, -0.1) is 0 Å². The van der Waals surface area contributed by atoms with E-state index in [0.717, 1.165) is 21.2 Å². The molecule has 0 heterocycles. The lowest BCUT2D eigenvalue weighted by Crippen LogP contribution is -2.32. The van der Waals surface area contributed by atoms with Crippen LogP contribution in [0.3, 0.4) is 0 Å². The van der Waals surface area contributed by atoms with Gasteiger partial charge in [0.25, 0.3) is 0 Å². The summed E-state index contributed by atoms with van der Waals surface area (Å²) in [5.74, 6) is 0.115. The number of fused-ring (bicyclic) bond motifs is 4. The zero-order valence-corrected chi connectivity index (χ0v) is 10.9. The zero-order chi connectivity index (χ0) is 13.7. The minimum Gasteiger partial charge on any atom is -0.398 e. The summed E-state index contributed by atoms with van der Waals surface area (Å²) < 4.78 is 0. The molecule has 0 saturated heterocycles. The molecule has 2 heteroatoms. The number of rotatable bonds is 0. The Balaban J connectivity index is 2.29. The van der Waals surface area contributed by atoms with Crippen LogP contribution in [0.15, 0.2) is 42.5 Å². The molecule has 3 aromatic carbocycles. The Kier molecular flexibility index (Phi) is 2.21. The monoisotopic (exact) mass is 259 g/mol. The molecule has 96 valence electrons. The Morgan fingerprint density at radius 3 is 2.70 bits per heavy atom. The van der Waals surface area contributed by atoms with Crippen LogP contribution in [0, 0.1) is 0 Å². The van der Waals surface area contributed by atoms with Gasteiger partial charge in [-0.05, 0) is 33.5 Å². The number of anilines is 1. The topological polar surface area (TPSA) is 43.1 Å². The van der Waals surface area contributed by atoms with Gasteiger partial charge in [0.15, 0.2) is 5.78 Å². The van der Waals surface area contributed by atoms with Crippen LogP contribution < -0.4 is 16.2 Å². The first-order valence-corrected chi connectivity index (χ1v) is 6.69. The molecule has 1 aliphatic carbocycles. The molecule has 4 rings (SSSR count). The van der Waals surface area contributed by atoms with E-state index in [1.807, 2.05) is 24.3 Å². The van der Waals surface area contributed by atoms with E-state index in [-0.39, 0.29) is 5.78 Å². The maximum absolute atomic E-state index is 11.6. The van der Waals surface area contributed by atoms with E-state index in [2.05, 4.69) is 24.3 Å². The van der Waals surface area contributed by atoms with Crippen LogP contribution in [0.25, 0.3) is 33.7 Å². The van der Waals surface area contributed by atoms with E-state index in [0.29, 0.717) is 12.1 Å². The Hall–Kier alpha value is -2.61. The van der Waals surface area contributed by atoms with Crippen LogP contribution in [0.4, 0.5) is 5.69 Å². The molecule has 0 spiro atoms. The van der Waals surface area contributed by atoms with E-state index in [1.165, 1.54) is 10.8 Å². The van der Waals surface area contributed by atoms with Crippen molar-refractivity contribution in [3.8, 4) is 0 Å². The van der Waals surface area contributed by atoms with Crippen molar-refractivity contribution in [2.24, 2.45) is 0 Å². The highest BCUT2D eigenvalue weighted by Crippen LogP contribution is 2.26. The number of hydrogen-bond donors (Lipinski definition) is 1. The van der Waals surface area contributed by atoms with Crippen molar-refractivity contribution in [1.82, 2.24) is 0 Å². The van der Waals surface area contributed by atoms with Gasteiger partial charge >= 0.3 is 0 Å². The van der Waals surface area contributed by atoms with Crippen molar-refractivity contribution in [1.29, 1.82) is 0 Å². The number of carbonyl (C=O) groups excluding carboxylic acids is 1. The third kappa shape index (κ3) is 1.48. The molecule has 0 bridgehead atoms. The highest BCUT2D eigenvalue weighted by atomic mass is 16.1. The summed E-state index contributed by atoms with van der Waals surface area (Å²) in [6.07, 6.45) is 4.09. The average molecular weight is 259 g/mol. The number of hydrogen-bond acceptors (Lipinski definition) is 2. The largest absolute Gasteiger partial charge is 0.398 e. The summed E-state index contributed by atoms with van der Waals surface area (Å²) in [6.45, 7) is 0. The fraction of sp³-hybridized carbons (Fsp3) is 0.0556. The van der Waals surface area contributed by atoms with Crippen molar-refractivity contribution in [3.05, 3.63) is 52.9 Å². The fourth-order valence-electron chi connectivity index (χ4n) is 2.98. The predicted octanol–water partition coefficient (Wildman–Crippen LogP) is 2.11. The molecule has 1 aliphatic rings. The molecule has 20 heavy (non-hydrogen) atoms. The number of Topliss-reactive ketones (excluding diaryl/α,β-unsaturated/α-hetero) is 1. The van der Waals surface area contributed by atoms with Crippen LogP contribution >= 0.6 is 0 Å². The lowest BCUT2D eigenvalue weighted by atomic mass is 9.96. The lowest BCUT2D eigenvalue weighted by Gasteiger charge is -2.10. The minimum absolute atomic E-state index is 0.115. The standard InChI is InChI=1S/C18H13NO/c19-18-15-8-6-11-3-1-2-4-14(11)17(15)9-12-5-7-13(20)10-16(12)18/h1-6,8-10H,7,19H2. The van der Waals surface area contributed by atoms with Gasteiger partial charge in [0, 0.05) is 22.7 Å². The van der Waals surface area contributed by atoms with Gasteiger partial charge in [0.05, 0.1) is 0 Å². The molecule has 2 nitrogen and oxygen atoms in total.